The molecule has 0 radical (unpaired) electrons. The maximum atomic E-state index is 13.3. The molecule has 2 N–H and O–H groups in total. The predicted molar refractivity (Wildman–Crippen MR) is 94.5 cm³/mol. The lowest BCUT2D eigenvalue weighted by Crippen LogP contribution is -2.38. The highest BCUT2D eigenvalue weighted by atomic mass is 127. The number of nitrogens with one attached hydrogen (secondary N) is 2. The SMILES string of the molecule is CN=C(NCc1ncnn1C)NC(C)c1ccc(F)c(F)c1.I. The van der Waals surface area contributed by atoms with Crippen LogP contribution in [0.15, 0.2) is 29.5 Å². The summed E-state index contributed by atoms with van der Waals surface area (Å²) in [5, 5.41) is 10.2. The Morgan fingerprint density at radius 2 is 2.09 bits per heavy atom. The quantitative estimate of drug-likeness (QED) is 0.438. The molecule has 0 saturated heterocycles. The van der Waals surface area contributed by atoms with E-state index in [1.165, 1.54) is 18.5 Å². The molecular formula is C14H19F2IN6. The summed E-state index contributed by atoms with van der Waals surface area (Å²) in [6, 6.07) is 3.58. The molecule has 0 fully saturated rings. The highest BCUT2D eigenvalue weighted by molar-refractivity contribution is 14.0. The van der Waals surface area contributed by atoms with Crippen LogP contribution in [-0.4, -0.2) is 27.8 Å². The summed E-state index contributed by atoms with van der Waals surface area (Å²) in [5.41, 5.74) is 0.625. The highest BCUT2D eigenvalue weighted by Gasteiger charge is 2.11. The number of rotatable bonds is 4. The maximum Gasteiger partial charge on any atom is 0.191 e. The van der Waals surface area contributed by atoms with Gasteiger partial charge >= 0.3 is 0 Å². The Morgan fingerprint density at radius 3 is 2.65 bits per heavy atom. The molecule has 0 aliphatic carbocycles. The molecule has 0 aliphatic rings. The molecule has 2 aromatic rings. The summed E-state index contributed by atoms with van der Waals surface area (Å²) in [4.78, 5) is 8.19. The minimum absolute atomic E-state index is 0. The lowest BCUT2D eigenvalue weighted by Gasteiger charge is -2.18. The van der Waals surface area contributed by atoms with Gasteiger partial charge in [-0.15, -0.1) is 24.0 Å². The van der Waals surface area contributed by atoms with Gasteiger partial charge in [0.2, 0.25) is 0 Å². The number of nitrogens with zero attached hydrogens (tertiary/aromatic N) is 4. The van der Waals surface area contributed by atoms with Crippen molar-refractivity contribution in [1.82, 2.24) is 25.4 Å². The molecule has 0 saturated carbocycles. The molecule has 2 rings (SSSR count). The van der Waals surface area contributed by atoms with Crippen molar-refractivity contribution in [3.8, 4) is 0 Å². The fourth-order valence-electron chi connectivity index (χ4n) is 1.91. The van der Waals surface area contributed by atoms with Crippen molar-refractivity contribution < 1.29 is 8.78 Å². The normalized spacial score (nSPS) is 12.5. The van der Waals surface area contributed by atoms with Gasteiger partial charge in [-0.05, 0) is 24.6 Å². The summed E-state index contributed by atoms with van der Waals surface area (Å²) >= 11 is 0. The maximum absolute atomic E-state index is 13.3. The Hall–Kier alpha value is -1.78. The number of hydrogen-bond acceptors (Lipinski definition) is 3. The molecule has 0 spiro atoms. The van der Waals surface area contributed by atoms with E-state index in [2.05, 4.69) is 25.7 Å². The second-order valence-corrected chi connectivity index (χ2v) is 4.77. The van der Waals surface area contributed by atoms with Gasteiger partial charge < -0.3 is 10.6 Å². The van der Waals surface area contributed by atoms with E-state index in [9.17, 15) is 8.78 Å². The molecule has 0 bridgehead atoms. The predicted octanol–water partition coefficient (Wildman–Crippen LogP) is 2.14. The fraction of sp³-hybridized carbons (Fsp3) is 0.357. The van der Waals surface area contributed by atoms with Crippen LogP contribution in [0.3, 0.4) is 0 Å². The Balaban J connectivity index is 0.00000264. The number of benzene rings is 1. The van der Waals surface area contributed by atoms with E-state index in [1.54, 1.807) is 18.8 Å². The Morgan fingerprint density at radius 1 is 1.35 bits per heavy atom. The zero-order chi connectivity index (χ0) is 16.1. The van der Waals surface area contributed by atoms with Crippen molar-refractivity contribution in [2.45, 2.75) is 19.5 Å². The average Bonchev–Trinajstić information content (AvgIpc) is 2.91. The van der Waals surface area contributed by atoms with Crippen molar-refractivity contribution in [2.75, 3.05) is 7.05 Å². The van der Waals surface area contributed by atoms with Crippen molar-refractivity contribution in [2.24, 2.45) is 12.0 Å². The molecule has 1 unspecified atom stereocenters. The molecule has 1 heterocycles. The highest BCUT2D eigenvalue weighted by Crippen LogP contribution is 2.15. The number of halogens is 3. The van der Waals surface area contributed by atoms with Gasteiger partial charge in [0.15, 0.2) is 17.6 Å². The molecule has 1 atom stereocenters. The molecule has 23 heavy (non-hydrogen) atoms. The molecular weight excluding hydrogens is 417 g/mol. The Labute approximate surface area is 150 Å². The topological polar surface area (TPSA) is 67.1 Å². The fourth-order valence-corrected chi connectivity index (χ4v) is 1.91. The van der Waals surface area contributed by atoms with Crippen LogP contribution in [0.5, 0.6) is 0 Å². The van der Waals surface area contributed by atoms with Crippen LogP contribution < -0.4 is 10.6 Å². The van der Waals surface area contributed by atoms with Gasteiger partial charge in [-0.2, -0.15) is 5.10 Å². The first kappa shape index (κ1) is 19.3. The van der Waals surface area contributed by atoms with E-state index in [0.29, 0.717) is 18.1 Å². The van der Waals surface area contributed by atoms with Crippen LogP contribution in [-0.2, 0) is 13.6 Å². The third kappa shape index (κ3) is 5.12. The van der Waals surface area contributed by atoms with Crippen molar-refractivity contribution >= 4 is 29.9 Å². The first-order chi connectivity index (χ1) is 10.5. The summed E-state index contributed by atoms with van der Waals surface area (Å²) in [7, 11) is 3.42. The van der Waals surface area contributed by atoms with E-state index < -0.39 is 11.6 Å². The minimum Gasteiger partial charge on any atom is -0.350 e. The standard InChI is InChI=1S/C14H18F2N6.HI/c1-9(10-4-5-11(15)12(16)6-10)21-14(17-2)18-7-13-19-8-20-22(13)3;/h4-6,8-9H,7H2,1-3H3,(H2,17,18,21);1H. The van der Waals surface area contributed by atoms with Crippen LogP contribution in [0.25, 0.3) is 0 Å². The number of guanidine groups is 1. The van der Waals surface area contributed by atoms with Crippen LogP contribution in [0.2, 0.25) is 0 Å². The van der Waals surface area contributed by atoms with Gasteiger partial charge in [0, 0.05) is 14.1 Å². The second-order valence-electron chi connectivity index (χ2n) is 4.77. The number of aryl methyl sites for hydroxylation is 1. The zero-order valence-electron chi connectivity index (χ0n) is 13.0. The van der Waals surface area contributed by atoms with Gasteiger partial charge in [0.25, 0.3) is 0 Å². The average molecular weight is 436 g/mol. The lowest BCUT2D eigenvalue weighted by atomic mass is 10.1. The van der Waals surface area contributed by atoms with E-state index in [-0.39, 0.29) is 30.0 Å². The third-order valence-corrected chi connectivity index (χ3v) is 3.24. The molecule has 0 aliphatic heterocycles. The van der Waals surface area contributed by atoms with Gasteiger partial charge in [-0.1, -0.05) is 6.07 Å². The molecule has 9 heteroatoms. The first-order valence-corrected chi connectivity index (χ1v) is 6.76. The van der Waals surface area contributed by atoms with Crippen LogP contribution >= 0.6 is 24.0 Å². The van der Waals surface area contributed by atoms with Crippen molar-refractivity contribution in [3.63, 3.8) is 0 Å². The lowest BCUT2D eigenvalue weighted by molar-refractivity contribution is 0.504. The summed E-state index contributed by atoms with van der Waals surface area (Å²) in [6.45, 7) is 2.28. The molecule has 0 amide bonds. The van der Waals surface area contributed by atoms with E-state index in [4.69, 9.17) is 0 Å². The van der Waals surface area contributed by atoms with Gasteiger partial charge in [0.05, 0.1) is 12.6 Å². The minimum atomic E-state index is -0.867. The van der Waals surface area contributed by atoms with E-state index in [1.807, 2.05) is 6.92 Å². The summed E-state index contributed by atoms with van der Waals surface area (Å²) in [5.74, 6) is -0.447. The van der Waals surface area contributed by atoms with Gasteiger partial charge in [-0.3, -0.25) is 9.67 Å². The molecule has 1 aromatic carbocycles. The number of aromatic nitrogens is 3. The first-order valence-electron chi connectivity index (χ1n) is 6.76. The largest absolute Gasteiger partial charge is 0.350 e. The zero-order valence-corrected chi connectivity index (χ0v) is 15.4. The van der Waals surface area contributed by atoms with E-state index >= 15 is 0 Å². The number of aliphatic imine (C=N–C) groups is 1. The van der Waals surface area contributed by atoms with Crippen LogP contribution in [0.4, 0.5) is 8.78 Å². The van der Waals surface area contributed by atoms with Gasteiger partial charge in [0.1, 0.15) is 12.2 Å². The van der Waals surface area contributed by atoms with Gasteiger partial charge in [-0.25, -0.2) is 13.8 Å². The third-order valence-electron chi connectivity index (χ3n) is 3.24. The Bertz CT molecular complexity index is 673. The number of hydrogen-bond donors (Lipinski definition) is 2. The smallest absolute Gasteiger partial charge is 0.191 e. The molecule has 1 aromatic heterocycles. The second kappa shape index (κ2) is 8.75. The summed E-state index contributed by atoms with van der Waals surface area (Å²) in [6.07, 6.45) is 1.47. The molecule has 126 valence electrons. The van der Waals surface area contributed by atoms with Crippen LogP contribution in [0.1, 0.15) is 24.4 Å². The summed E-state index contributed by atoms with van der Waals surface area (Å²) < 4.78 is 27.9. The van der Waals surface area contributed by atoms with Crippen molar-refractivity contribution in [3.05, 3.63) is 47.5 Å². The molecule has 6 nitrogen and oxygen atoms in total. The Kier molecular flexibility index (Phi) is 7.33. The van der Waals surface area contributed by atoms with E-state index in [0.717, 1.165) is 11.9 Å². The van der Waals surface area contributed by atoms with Crippen LogP contribution in [0, 0.1) is 11.6 Å². The monoisotopic (exact) mass is 436 g/mol. The van der Waals surface area contributed by atoms with Crippen molar-refractivity contribution in [1.29, 1.82) is 0 Å².